The summed E-state index contributed by atoms with van der Waals surface area (Å²) in [5, 5.41) is 9.92. The molecule has 0 spiro atoms. The summed E-state index contributed by atoms with van der Waals surface area (Å²) in [6.45, 7) is 7.20. The first-order valence-electron chi connectivity index (χ1n) is 4.54. The van der Waals surface area contributed by atoms with Crippen molar-refractivity contribution in [3.8, 4) is 0 Å². The van der Waals surface area contributed by atoms with E-state index in [0.29, 0.717) is 12.0 Å². The van der Waals surface area contributed by atoms with E-state index in [1.807, 2.05) is 0 Å². The predicted molar refractivity (Wildman–Crippen MR) is 55.5 cm³/mol. The molecule has 0 bridgehead atoms. The minimum atomic E-state index is -0.919. The Kier molecular flexibility index (Phi) is 3.06. The van der Waals surface area contributed by atoms with Gasteiger partial charge in [-0.1, -0.05) is 18.7 Å². The third-order valence-electron chi connectivity index (χ3n) is 2.38. The Morgan fingerprint density at radius 2 is 1.93 bits per heavy atom. The first-order chi connectivity index (χ1) is 6.42. The maximum Gasteiger partial charge on any atom is 0.123 e. The van der Waals surface area contributed by atoms with Crippen molar-refractivity contribution in [2.75, 3.05) is 0 Å². The second kappa shape index (κ2) is 3.93. The Morgan fingerprint density at radius 1 is 1.43 bits per heavy atom. The molecular weight excluding hydrogens is 179 g/mol. The van der Waals surface area contributed by atoms with E-state index in [1.54, 1.807) is 26.0 Å². The lowest BCUT2D eigenvalue weighted by Crippen LogP contribution is -2.28. The Morgan fingerprint density at radius 3 is 2.36 bits per heavy atom. The van der Waals surface area contributed by atoms with Gasteiger partial charge in [0, 0.05) is 6.42 Å². The van der Waals surface area contributed by atoms with Gasteiger partial charge < -0.3 is 5.11 Å². The van der Waals surface area contributed by atoms with Gasteiger partial charge in [0.25, 0.3) is 0 Å². The Balaban J connectivity index is 2.79. The van der Waals surface area contributed by atoms with Gasteiger partial charge in [-0.3, -0.25) is 0 Å². The molecule has 1 unspecified atom stereocenters. The van der Waals surface area contributed by atoms with Gasteiger partial charge in [-0.05, 0) is 37.1 Å². The number of aliphatic hydroxyl groups is 1. The lowest BCUT2D eigenvalue weighted by Gasteiger charge is -2.23. The molecule has 76 valence electrons. The van der Waals surface area contributed by atoms with Crippen molar-refractivity contribution < 1.29 is 9.50 Å². The molecule has 1 aromatic carbocycles. The molecule has 1 N–H and O–H groups in total. The molecule has 0 aliphatic rings. The van der Waals surface area contributed by atoms with Crippen molar-refractivity contribution in [2.45, 2.75) is 25.9 Å². The van der Waals surface area contributed by atoms with Crippen LogP contribution in [0.1, 0.15) is 19.4 Å². The average molecular weight is 194 g/mol. The molecule has 0 aliphatic heterocycles. The zero-order valence-corrected chi connectivity index (χ0v) is 8.55. The molecule has 2 heteroatoms. The number of halogens is 1. The summed E-state index contributed by atoms with van der Waals surface area (Å²) in [4.78, 5) is 0. The largest absolute Gasteiger partial charge is 0.385 e. The maximum absolute atomic E-state index is 12.6. The highest BCUT2D eigenvalue weighted by molar-refractivity contribution is 5.21. The highest BCUT2D eigenvalue weighted by atomic mass is 19.1. The molecule has 0 aromatic heterocycles. The van der Waals surface area contributed by atoms with Crippen LogP contribution in [0.2, 0.25) is 0 Å². The van der Waals surface area contributed by atoms with Crippen LogP contribution < -0.4 is 0 Å². The summed E-state index contributed by atoms with van der Waals surface area (Å²) in [7, 11) is 0. The fourth-order valence-electron chi connectivity index (χ4n) is 1.15. The lowest BCUT2D eigenvalue weighted by molar-refractivity contribution is 0.0996. The lowest BCUT2D eigenvalue weighted by atomic mass is 9.91. The van der Waals surface area contributed by atoms with Crippen LogP contribution in [0.3, 0.4) is 0 Å². The number of hydrogen-bond acceptors (Lipinski definition) is 1. The van der Waals surface area contributed by atoms with Crippen molar-refractivity contribution in [3.63, 3.8) is 0 Å². The van der Waals surface area contributed by atoms with E-state index >= 15 is 0 Å². The van der Waals surface area contributed by atoms with Gasteiger partial charge in [0.15, 0.2) is 0 Å². The summed E-state index contributed by atoms with van der Waals surface area (Å²) < 4.78 is 12.6. The molecule has 1 aromatic rings. The SMILES string of the molecule is C=C(C)C(C)(O)Cc1ccc(F)cc1. The quantitative estimate of drug-likeness (QED) is 0.733. The minimum absolute atomic E-state index is 0.260. The second-order valence-corrected chi connectivity index (χ2v) is 3.86. The van der Waals surface area contributed by atoms with Crippen LogP contribution in [-0.2, 0) is 6.42 Å². The van der Waals surface area contributed by atoms with Gasteiger partial charge in [0.05, 0.1) is 5.60 Å². The zero-order valence-electron chi connectivity index (χ0n) is 8.55. The Hall–Kier alpha value is -1.15. The summed E-state index contributed by atoms with van der Waals surface area (Å²) in [5.74, 6) is -0.260. The molecule has 14 heavy (non-hydrogen) atoms. The van der Waals surface area contributed by atoms with E-state index in [-0.39, 0.29) is 5.82 Å². The van der Waals surface area contributed by atoms with Crippen molar-refractivity contribution in [3.05, 3.63) is 47.8 Å². The first-order valence-corrected chi connectivity index (χ1v) is 4.54. The zero-order chi connectivity index (χ0) is 10.8. The molecule has 0 saturated heterocycles. The number of benzene rings is 1. The molecular formula is C12H15FO. The second-order valence-electron chi connectivity index (χ2n) is 3.86. The smallest absolute Gasteiger partial charge is 0.123 e. The highest BCUT2D eigenvalue weighted by Crippen LogP contribution is 2.20. The summed E-state index contributed by atoms with van der Waals surface area (Å²) >= 11 is 0. The van der Waals surface area contributed by atoms with Crippen molar-refractivity contribution in [1.82, 2.24) is 0 Å². The fraction of sp³-hybridized carbons (Fsp3) is 0.333. The van der Waals surface area contributed by atoms with Crippen molar-refractivity contribution in [2.24, 2.45) is 0 Å². The number of rotatable bonds is 3. The van der Waals surface area contributed by atoms with Gasteiger partial charge >= 0.3 is 0 Å². The van der Waals surface area contributed by atoms with E-state index in [4.69, 9.17) is 0 Å². The molecule has 1 nitrogen and oxygen atoms in total. The van der Waals surface area contributed by atoms with Crippen molar-refractivity contribution >= 4 is 0 Å². The Bertz CT molecular complexity index is 325. The van der Waals surface area contributed by atoms with Crippen LogP contribution in [0.25, 0.3) is 0 Å². The van der Waals surface area contributed by atoms with Gasteiger partial charge in [-0.25, -0.2) is 4.39 Å². The van der Waals surface area contributed by atoms with Crippen LogP contribution in [0.15, 0.2) is 36.4 Å². The van der Waals surface area contributed by atoms with E-state index < -0.39 is 5.60 Å². The third kappa shape index (κ3) is 2.67. The fourth-order valence-corrected chi connectivity index (χ4v) is 1.15. The minimum Gasteiger partial charge on any atom is -0.385 e. The molecule has 0 radical (unpaired) electrons. The van der Waals surface area contributed by atoms with E-state index in [2.05, 4.69) is 6.58 Å². The molecule has 1 rings (SSSR count). The summed E-state index contributed by atoms with van der Waals surface area (Å²) in [6, 6.07) is 6.13. The van der Waals surface area contributed by atoms with Crippen LogP contribution in [0, 0.1) is 5.82 Å². The molecule has 0 aliphatic carbocycles. The molecule has 0 fully saturated rings. The van der Waals surface area contributed by atoms with Gasteiger partial charge in [0.1, 0.15) is 5.82 Å². The Labute approximate surface area is 83.9 Å². The monoisotopic (exact) mass is 194 g/mol. The number of hydrogen-bond donors (Lipinski definition) is 1. The van der Waals surface area contributed by atoms with Crippen LogP contribution in [0.5, 0.6) is 0 Å². The van der Waals surface area contributed by atoms with Crippen LogP contribution >= 0.6 is 0 Å². The maximum atomic E-state index is 12.6. The molecule has 0 amide bonds. The van der Waals surface area contributed by atoms with Gasteiger partial charge in [-0.2, -0.15) is 0 Å². The first kappa shape index (κ1) is 10.9. The van der Waals surface area contributed by atoms with Crippen molar-refractivity contribution in [1.29, 1.82) is 0 Å². The van der Waals surface area contributed by atoms with E-state index in [0.717, 1.165) is 5.56 Å². The summed E-state index contributed by atoms with van der Waals surface area (Å²) in [6.07, 6.45) is 0.461. The van der Waals surface area contributed by atoms with Gasteiger partial charge in [0.2, 0.25) is 0 Å². The molecule has 0 saturated carbocycles. The normalized spacial score (nSPS) is 14.9. The molecule has 0 heterocycles. The third-order valence-corrected chi connectivity index (χ3v) is 2.38. The summed E-state index contributed by atoms with van der Waals surface area (Å²) in [5.41, 5.74) is 0.693. The average Bonchev–Trinajstić information content (AvgIpc) is 2.08. The standard InChI is InChI=1S/C12H15FO/c1-9(2)12(3,14)8-10-4-6-11(13)7-5-10/h4-7,14H,1,8H2,2-3H3. The topological polar surface area (TPSA) is 20.2 Å². The van der Waals surface area contributed by atoms with E-state index in [1.165, 1.54) is 12.1 Å². The predicted octanol–water partition coefficient (Wildman–Crippen LogP) is 2.70. The highest BCUT2D eigenvalue weighted by Gasteiger charge is 2.21. The van der Waals surface area contributed by atoms with E-state index in [9.17, 15) is 9.50 Å². The molecule has 1 atom stereocenters. The van der Waals surface area contributed by atoms with Gasteiger partial charge in [-0.15, -0.1) is 0 Å². The van der Waals surface area contributed by atoms with Crippen LogP contribution in [-0.4, -0.2) is 10.7 Å². The van der Waals surface area contributed by atoms with Crippen LogP contribution in [0.4, 0.5) is 4.39 Å².